The largest absolute Gasteiger partial charge is 0.356 e. The van der Waals surface area contributed by atoms with Gasteiger partial charge in [0.2, 0.25) is 15.9 Å². The molecule has 0 atom stereocenters. The number of benzene rings is 1. The fraction of sp³-hybridized carbons (Fsp3) is 0.533. The highest BCUT2D eigenvalue weighted by Crippen LogP contribution is 2.20. The van der Waals surface area contributed by atoms with Gasteiger partial charge in [-0.2, -0.15) is 0 Å². The number of carbonyl (C=O) groups excluding carboxylic acids is 1. The minimum absolute atomic E-state index is 0.0602. The van der Waals surface area contributed by atoms with E-state index in [1.54, 1.807) is 24.3 Å². The summed E-state index contributed by atoms with van der Waals surface area (Å²) in [6.07, 6.45) is 4.72. The maximum Gasteiger partial charge on any atom is 0.240 e. The van der Waals surface area contributed by atoms with Crippen molar-refractivity contribution in [1.82, 2.24) is 10.0 Å². The summed E-state index contributed by atoms with van der Waals surface area (Å²) in [4.78, 5) is 11.1. The highest BCUT2D eigenvalue weighted by atomic mass is 32.2. The van der Waals surface area contributed by atoms with Crippen molar-refractivity contribution >= 4 is 15.9 Å². The number of sulfonamides is 1. The van der Waals surface area contributed by atoms with Crippen LogP contribution < -0.4 is 10.0 Å². The van der Waals surface area contributed by atoms with Crippen LogP contribution in [0.25, 0.3) is 0 Å². The smallest absolute Gasteiger partial charge is 0.240 e. The monoisotopic (exact) mass is 310 g/mol. The average molecular weight is 310 g/mol. The van der Waals surface area contributed by atoms with Crippen LogP contribution in [0.5, 0.6) is 0 Å². The normalized spacial score (nSPS) is 16.0. The fourth-order valence-electron chi connectivity index (χ4n) is 2.55. The van der Waals surface area contributed by atoms with Gasteiger partial charge in [0, 0.05) is 19.5 Å². The molecule has 1 aliphatic carbocycles. The molecule has 5 nitrogen and oxygen atoms in total. The second-order valence-electron chi connectivity index (χ2n) is 5.48. The van der Waals surface area contributed by atoms with E-state index in [0.29, 0.717) is 17.9 Å². The van der Waals surface area contributed by atoms with Crippen molar-refractivity contribution in [3.05, 3.63) is 29.8 Å². The third kappa shape index (κ3) is 4.82. The first-order valence-electron chi connectivity index (χ1n) is 7.33. The maximum atomic E-state index is 12.2. The van der Waals surface area contributed by atoms with E-state index in [2.05, 4.69) is 10.0 Å². The van der Waals surface area contributed by atoms with Crippen molar-refractivity contribution in [1.29, 1.82) is 0 Å². The number of carbonyl (C=O) groups is 1. The minimum atomic E-state index is -3.41. The quantitative estimate of drug-likeness (QED) is 0.838. The first-order chi connectivity index (χ1) is 9.97. The zero-order valence-electron chi connectivity index (χ0n) is 12.3. The minimum Gasteiger partial charge on any atom is -0.356 e. The molecule has 0 spiro atoms. The van der Waals surface area contributed by atoms with Crippen molar-refractivity contribution in [3.63, 3.8) is 0 Å². The highest BCUT2D eigenvalue weighted by molar-refractivity contribution is 7.89. The fourth-order valence-corrected chi connectivity index (χ4v) is 3.85. The van der Waals surface area contributed by atoms with Crippen LogP contribution in [0.1, 0.15) is 38.2 Å². The molecule has 0 heterocycles. The SMILES string of the molecule is CC(=O)NCCc1ccc(S(=O)(=O)NC2CCCC2)cc1. The zero-order chi connectivity index (χ0) is 15.3. The van der Waals surface area contributed by atoms with E-state index in [1.807, 2.05) is 0 Å². The molecule has 0 bridgehead atoms. The van der Waals surface area contributed by atoms with Crippen molar-refractivity contribution in [2.75, 3.05) is 6.54 Å². The van der Waals surface area contributed by atoms with Gasteiger partial charge >= 0.3 is 0 Å². The summed E-state index contributed by atoms with van der Waals surface area (Å²) in [6, 6.07) is 6.92. The Balaban J connectivity index is 1.95. The second-order valence-corrected chi connectivity index (χ2v) is 7.19. The molecule has 1 aromatic rings. The van der Waals surface area contributed by atoms with Crippen molar-refractivity contribution < 1.29 is 13.2 Å². The number of rotatable bonds is 6. The van der Waals surface area contributed by atoms with Gasteiger partial charge < -0.3 is 5.32 Å². The van der Waals surface area contributed by atoms with Crippen LogP contribution >= 0.6 is 0 Å². The Morgan fingerprint density at radius 2 is 1.81 bits per heavy atom. The van der Waals surface area contributed by atoms with E-state index in [-0.39, 0.29) is 11.9 Å². The number of amides is 1. The van der Waals surface area contributed by atoms with E-state index in [9.17, 15) is 13.2 Å². The van der Waals surface area contributed by atoms with Crippen molar-refractivity contribution in [3.8, 4) is 0 Å². The molecule has 1 amide bonds. The molecule has 0 radical (unpaired) electrons. The molecule has 6 heteroatoms. The standard InChI is InChI=1S/C15H22N2O3S/c1-12(18)16-11-10-13-6-8-15(9-7-13)21(19,20)17-14-4-2-3-5-14/h6-9,14,17H,2-5,10-11H2,1H3,(H,16,18). The maximum absolute atomic E-state index is 12.2. The molecule has 0 aliphatic heterocycles. The van der Waals surface area contributed by atoms with Gasteiger partial charge in [0.1, 0.15) is 0 Å². The molecule has 2 rings (SSSR count). The summed E-state index contributed by atoms with van der Waals surface area (Å²) in [6.45, 7) is 2.03. The first-order valence-corrected chi connectivity index (χ1v) is 8.81. The van der Waals surface area contributed by atoms with Crippen LogP contribution in [-0.2, 0) is 21.2 Å². The predicted octanol–water partition coefficient (Wildman–Crippen LogP) is 1.59. The molecule has 0 saturated heterocycles. The van der Waals surface area contributed by atoms with Gasteiger partial charge in [0.25, 0.3) is 0 Å². The summed E-state index contributed by atoms with van der Waals surface area (Å²) < 4.78 is 27.2. The van der Waals surface area contributed by atoms with Crippen molar-refractivity contribution in [2.24, 2.45) is 0 Å². The number of hydrogen-bond donors (Lipinski definition) is 2. The molecular weight excluding hydrogens is 288 g/mol. The molecule has 2 N–H and O–H groups in total. The second kappa shape index (κ2) is 7.04. The topological polar surface area (TPSA) is 75.3 Å². The molecule has 0 aromatic heterocycles. The third-order valence-corrected chi connectivity index (χ3v) is 5.23. The molecule has 1 aromatic carbocycles. The van der Waals surface area contributed by atoms with E-state index in [1.165, 1.54) is 6.92 Å². The highest BCUT2D eigenvalue weighted by Gasteiger charge is 2.22. The van der Waals surface area contributed by atoms with Crippen LogP contribution in [0.2, 0.25) is 0 Å². The molecule has 116 valence electrons. The van der Waals surface area contributed by atoms with Crippen LogP contribution in [0.4, 0.5) is 0 Å². The molecule has 1 saturated carbocycles. The van der Waals surface area contributed by atoms with E-state index in [0.717, 1.165) is 31.2 Å². The van der Waals surface area contributed by atoms with Crippen LogP contribution in [-0.4, -0.2) is 26.9 Å². The molecular formula is C15H22N2O3S. The molecule has 0 unspecified atom stereocenters. The van der Waals surface area contributed by atoms with Crippen LogP contribution in [0, 0.1) is 0 Å². The zero-order valence-corrected chi connectivity index (χ0v) is 13.1. The van der Waals surface area contributed by atoms with Crippen molar-refractivity contribution in [2.45, 2.75) is 50.0 Å². The number of hydrogen-bond acceptors (Lipinski definition) is 3. The van der Waals surface area contributed by atoms with Crippen LogP contribution in [0.15, 0.2) is 29.2 Å². The Morgan fingerprint density at radius 3 is 2.38 bits per heavy atom. The Bertz CT molecular complexity index is 575. The number of nitrogens with one attached hydrogen (secondary N) is 2. The van der Waals surface area contributed by atoms with Gasteiger partial charge in [-0.15, -0.1) is 0 Å². The molecule has 1 fully saturated rings. The van der Waals surface area contributed by atoms with E-state index < -0.39 is 10.0 Å². The van der Waals surface area contributed by atoms with Gasteiger partial charge in [0.15, 0.2) is 0 Å². The van der Waals surface area contributed by atoms with E-state index in [4.69, 9.17) is 0 Å². The first kappa shape index (κ1) is 16.0. The van der Waals surface area contributed by atoms with Gasteiger partial charge in [0.05, 0.1) is 4.90 Å². The summed E-state index contributed by atoms with van der Waals surface area (Å²) in [7, 11) is -3.41. The Morgan fingerprint density at radius 1 is 1.19 bits per heavy atom. The van der Waals surface area contributed by atoms with E-state index >= 15 is 0 Å². The third-order valence-electron chi connectivity index (χ3n) is 3.70. The van der Waals surface area contributed by atoms with Crippen LogP contribution in [0.3, 0.4) is 0 Å². The lowest BCUT2D eigenvalue weighted by molar-refractivity contribution is -0.118. The lowest BCUT2D eigenvalue weighted by Gasteiger charge is -2.12. The van der Waals surface area contributed by atoms with Gasteiger partial charge in [-0.25, -0.2) is 13.1 Å². The summed E-state index contributed by atoms with van der Waals surface area (Å²) >= 11 is 0. The molecule has 1 aliphatic rings. The summed E-state index contributed by atoms with van der Waals surface area (Å²) in [5.41, 5.74) is 1.00. The summed E-state index contributed by atoms with van der Waals surface area (Å²) in [5.74, 6) is -0.0602. The lowest BCUT2D eigenvalue weighted by Crippen LogP contribution is -2.32. The van der Waals surface area contributed by atoms with Gasteiger partial charge in [-0.05, 0) is 37.0 Å². The Kier molecular flexibility index (Phi) is 5.36. The average Bonchev–Trinajstić information content (AvgIpc) is 2.91. The van der Waals surface area contributed by atoms with Gasteiger partial charge in [-0.1, -0.05) is 25.0 Å². The lowest BCUT2D eigenvalue weighted by atomic mass is 10.1. The molecule has 21 heavy (non-hydrogen) atoms. The predicted molar refractivity (Wildman–Crippen MR) is 81.4 cm³/mol. The Labute approximate surface area is 126 Å². The Hall–Kier alpha value is -1.40. The summed E-state index contributed by atoms with van der Waals surface area (Å²) in [5, 5.41) is 2.72. The van der Waals surface area contributed by atoms with Gasteiger partial charge in [-0.3, -0.25) is 4.79 Å².